The largest absolute Gasteiger partial charge is 0.497 e. The Morgan fingerprint density at radius 1 is 0.955 bits per heavy atom. The normalized spacial score (nSPS) is 9.95. The fourth-order valence-electron chi connectivity index (χ4n) is 1.72. The summed E-state index contributed by atoms with van der Waals surface area (Å²) in [5, 5.41) is 5.07. The maximum absolute atomic E-state index is 11.9. The Hall–Kier alpha value is -2.34. The van der Waals surface area contributed by atoms with Crippen LogP contribution in [-0.2, 0) is 9.59 Å². The van der Waals surface area contributed by atoms with E-state index in [9.17, 15) is 9.59 Å². The minimum atomic E-state index is -0.734. The molecule has 2 N–H and O–H groups in total. The fourth-order valence-corrected chi connectivity index (χ4v) is 2.10. The summed E-state index contributed by atoms with van der Waals surface area (Å²) in [6, 6.07) is 12.0. The minimum Gasteiger partial charge on any atom is -0.497 e. The Balaban J connectivity index is 1.99. The van der Waals surface area contributed by atoms with Crippen molar-refractivity contribution in [3.63, 3.8) is 0 Å². The highest BCUT2D eigenvalue weighted by Gasteiger charge is 2.14. The molecule has 5 nitrogen and oxygen atoms in total. The average Bonchev–Trinajstić information content (AvgIpc) is 2.51. The van der Waals surface area contributed by atoms with E-state index in [2.05, 4.69) is 26.6 Å². The Bertz CT molecular complexity index is 699. The fraction of sp³-hybridized carbons (Fsp3) is 0.125. The van der Waals surface area contributed by atoms with Gasteiger partial charge in [0.15, 0.2) is 0 Å². The van der Waals surface area contributed by atoms with E-state index in [4.69, 9.17) is 4.74 Å². The standard InChI is InChI=1S/C16H15BrN2O3/c1-10-3-4-12(9-14(10)17)19-16(21)15(20)18-11-5-7-13(22-2)8-6-11/h3-9H,1-2H3,(H,18,20)(H,19,21). The van der Waals surface area contributed by atoms with Crippen LogP contribution >= 0.6 is 15.9 Å². The van der Waals surface area contributed by atoms with Crippen molar-refractivity contribution in [2.45, 2.75) is 6.92 Å². The van der Waals surface area contributed by atoms with E-state index in [-0.39, 0.29) is 0 Å². The Labute approximate surface area is 136 Å². The Morgan fingerprint density at radius 3 is 2.05 bits per heavy atom. The molecule has 0 aromatic heterocycles. The van der Waals surface area contributed by atoms with Gasteiger partial charge in [-0.1, -0.05) is 22.0 Å². The Kier molecular flexibility index (Phi) is 5.16. The number of nitrogens with one attached hydrogen (secondary N) is 2. The van der Waals surface area contributed by atoms with Crippen LogP contribution in [0, 0.1) is 6.92 Å². The molecule has 22 heavy (non-hydrogen) atoms. The quantitative estimate of drug-likeness (QED) is 0.822. The molecule has 0 bridgehead atoms. The first-order valence-corrected chi connectivity index (χ1v) is 7.31. The van der Waals surface area contributed by atoms with Crippen molar-refractivity contribution in [3.05, 3.63) is 52.5 Å². The van der Waals surface area contributed by atoms with Gasteiger partial charge in [-0.25, -0.2) is 0 Å². The summed E-state index contributed by atoms with van der Waals surface area (Å²) in [6.45, 7) is 1.94. The first-order valence-electron chi connectivity index (χ1n) is 6.52. The zero-order chi connectivity index (χ0) is 16.1. The van der Waals surface area contributed by atoms with Gasteiger partial charge in [-0.15, -0.1) is 0 Å². The van der Waals surface area contributed by atoms with Crippen LogP contribution in [0.3, 0.4) is 0 Å². The molecule has 0 fully saturated rings. The van der Waals surface area contributed by atoms with Gasteiger partial charge in [0.25, 0.3) is 0 Å². The molecule has 0 atom stereocenters. The van der Waals surface area contributed by atoms with E-state index in [1.807, 2.05) is 13.0 Å². The number of carbonyl (C=O) groups excluding carboxylic acids is 2. The van der Waals surface area contributed by atoms with Crippen LogP contribution in [0.5, 0.6) is 5.75 Å². The maximum atomic E-state index is 11.9. The zero-order valence-electron chi connectivity index (χ0n) is 12.1. The van der Waals surface area contributed by atoms with Crippen molar-refractivity contribution < 1.29 is 14.3 Å². The lowest BCUT2D eigenvalue weighted by Gasteiger charge is -2.08. The van der Waals surface area contributed by atoms with E-state index in [1.165, 1.54) is 0 Å². The van der Waals surface area contributed by atoms with Crippen molar-refractivity contribution in [2.75, 3.05) is 17.7 Å². The molecule has 114 valence electrons. The number of halogens is 1. The number of hydrogen-bond acceptors (Lipinski definition) is 3. The molecule has 6 heteroatoms. The van der Waals surface area contributed by atoms with Crippen LogP contribution in [0.25, 0.3) is 0 Å². The van der Waals surface area contributed by atoms with Crippen molar-refractivity contribution in [2.24, 2.45) is 0 Å². The average molecular weight is 363 g/mol. The second-order valence-corrected chi connectivity index (χ2v) is 5.46. The summed E-state index contributed by atoms with van der Waals surface area (Å²) in [6.07, 6.45) is 0. The minimum absolute atomic E-state index is 0.519. The van der Waals surface area contributed by atoms with E-state index in [1.54, 1.807) is 43.5 Å². The molecule has 2 aromatic carbocycles. The molecule has 2 rings (SSSR count). The van der Waals surface area contributed by atoms with Gasteiger partial charge in [0.1, 0.15) is 5.75 Å². The first kappa shape index (κ1) is 16.0. The van der Waals surface area contributed by atoms with Crippen LogP contribution in [0.2, 0.25) is 0 Å². The summed E-state index contributed by atoms with van der Waals surface area (Å²) < 4.78 is 5.89. The highest BCUT2D eigenvalue weighted by atomic mass is 79.9. The topological polar surface area (TPSA) is 67.4 Å². The van der Waals surface area contributed by atoms with Crippen LogP contribution in [-0.4, -0.2) is 18.9 Å². The molecule has 0 unspecified atom stereocenters. The van der Waals surface area contributed by atoms with Gasteiger partial charge in [-0.05, 0) is 48.9 Å². The number of amides is 2. The highest BCUT2D eigenvalue weighted by Crippen LogP contribution is 2.20. The van der Waals surface area contributed by atoms with Crippen LogP contribution in [0.1, 0.15) is 5.56 Å². The summed E-state index contributed by atoms with van der Waals surface area (Å²) >= 11 is 3.38. The van der Waals surface area contributed by atoms with Crippen molar-refractivity contribution in [3.8, 4) is 5.75 Å². The van der Waals surface area contributed by atoms with Gasteiger partial charge in [-0.2, -0.15) is 0 Å². The van der Waals surface area contributed by atoms with Crippen LogP contribution in [0.15, 0.2) is 46.9 Å². The lowest BCUT2D eigenvalue weighted by molar-refractivity contribution is -0.132. The third kappa shape index (κ3) is 4.08. The highest BCUT2D eigenvalue weighted by molar-refractivity contribution is 9.10. The molecule has 0 saturated heterocycles. The van der Waals surface area contributed by atoms with Crippen molar-refractivity contribution >= 4 is 39.1 Å². The predicted molar refractivity (Wildman–Crippen MR) is 89.1 cm³/mol. The molecule has 2 amide bonds. The second kappa shape index (κ2) is 7.09. The molecule has 0 aliphatic rings. The second-order valence-electron chi connectivity index (χ2n) is 4.60. The lowest BCUT2D eigenvalue weighted by atomic mass is 10.2. The number of hydrogen-bond donors (Lipinski definition) is 2. The van der Waals surface area contributed by atoms with E-state index in [0.717, 1.165) is 10.0 Å². The van der Waals surface area contributed by atoms with Gasteiger partial charge in [0, 0.05) is 15.8 Å². The SMILES string of the molecule is COc1ccc(NC(=O)C(=O)Nc2ccc(C)c(Br)c2)cc1. The molecule has 2 aromatic rings. The summed E-state index contributed by atoms with van der Waals surface area (Å²) in [7, 11) is 1.56. The summed E-state index contributed by atoms with van der Waals surface area (Å²) in [5.74, 6) is -0.791. The van der Waals surface area contributed by atoms with Gasteiger partial charge in [-0.3, -0.25) is 9.59 Å². The molecule has 0 aliphatic heterocycles. The smallest absolute Gasteiger partial charge is 0.314 e. The monoisotopic (exact) mass is 362 g/mol. The third-order valence-corrected chi connectivity index (χ3v) is 3.84. The Morgan fingerprint density at radius 2 is 1.50 bits per heavy atom. The number of carbonyl (C=O) groups is 2. The molecule has 0 radical (unpaired) electrons. The van der Waals surface area contributed by atoms with E-state index in [0.29, 0.717) is 17.1 Å². The predicted octanol–water partition coefficient (Wildman–Crippen LogP) is 3.34. The molecule has 0 aliphatic carbocycles. The van der Waals surface area contributed by atoms with Gasteiger partial charge >= 0.3 is 11.8 Å². The number of ether oxygens (including phenoxy) is 1. The zero-order valence-corrected chi connectivity index (χ0v) is 13.7. The van der Waals surface area contributed by atoms with Crippen LogP contribution < -0.4 is 15.4 Å². The number of aryl methyl sites for hydroxylation is 1. The van der Waals surface area contributed by atoms with E-state index < -0.39 is 11.8 Å². The number of anilines is 2. The maximum Gasteiger partial charge on any atom is 0.314 e. The summed E-state index contributed by atoms with van der Waals surface area (Å²) in [5.41, 5.74) is 2.11. The number of benzene rings is 2. The van der Waals surface area contributed by atoms with Crippen LogP contribution in [0.4, 0.5) is 11.4 Å². The van der Waals surface area contributed by atoms with Crippen molar-refractivity contribution in [1.29, 1.82) is 0 Å². The molecule has 0 saturated carbocycles. The lowest BCUT2D eigenvalue weighted by Crippen LogP contribution is -2.29. The molecular formula is C16H15BrN2O3. The van der Waals surface area contributed by atoms with Crippen molar-refractivity contribution in [1.82, 2.24) is 0 Å². The third-order valence-electron chi connectivity index (χ3n) is 2.98. The molecular weight excluding hydrogens is 348 g/mol. The molecule has 0 heterocycles. The van der Waals surface area contributed by atoms with Gasteiger partial charge in [0.05, 0.1) is 7.11 Å². The number of rotatable bonds is 3. The number of methoxy groups -OCH3 is 1. The van der Waals surface area contributed by atoms with Gasteiger partial charge < -0.3 is 15.4 Å². The van der Waals surface area contributed by atoms with E-state index >= 15 is 0 Å². The summed E-state index contributed by atoms with van der Waals surface area (Å²) in [4.78, 5) is 23.7. The van der Waals surface area contributed by atoms with Gasteiger partial charge in [0.2, 0.25) is 0 Å². The first-order chi connectivity index (χ1) is 10.5. The molecule has 0 spiro atoms.